The summed E-state index contributed by atoms with van der Waals surface area (Å²) in [7, 11) is 1.53. The van der Waals surface area contributed by atoms with Gasteiger partial charge in [0.15, 0.2) is 0 Å². The predicted octanol–water partition coefficient (Wildman–Crippen LogP) is 0.864. The van der Waals surface area contributed by atoms with E-state index in [9.17, 15) is 14.7 Å². The van der Waals surface area contributed by atoms with Crippen LogP contribution >= 0.6 is 0 Å². The van der Waals surface area contributed by atoms with Crippen molar-refractivity contribution >= 4 is 11.9 Å². The molecule has 1 aromatic heterocycles. The number of carboxylic acid groups (broad SMARTS) is 1. The summed E-state index contributed by atoms with van der Waals surface area (Å²) in [4.78, 5) is 32.7. The third-order valence-electron chi connectivity index (χ3n) is 3.67. The Morgan fingerprint density at radius 2 is 2.11 bits per heavy atom. The highest BCUT2D eigenvalue weighted by atomic mass is 16.4. The van der Waals surface area contributed by atoms with Gasteiger partial charge >= 0.3 is 5.97 Å². The van der Waals surface area contributed by atoms with Crippen LogP contribution in [0.2, 0.25) is 0 Å². The normalized spacial score (nSPS) is 16.8. The molecule has 0 unspecified atom stereocenters. The monoisotopic (exact) mass is 249 g/mol. The van der Waals surface area contributed by atoms with Gasteiger partial charge in [0.25, 0.3) is 5.91 Å². The van der Waals surface area contributed by atoms with E-state index in [-0.39, 0.29) is 5.91 Å². The molecule has 2 rings (SSSR count). The fourth-order valence-electron chi connectivity index (χ4n) is 2.18. The minimum absolute atomic E-state index is 0.338. The molecule has 1 fully saturated rings. The van der Waals surface area contributed by atoms with E-state index >= 15 is 0 Å². The third kappa shape index (κ3) is 1.73. The van der Waals surface area contributed by atoms with E-state index in [1.165, 1.54) is 24.5 Å². The first-order valence-electron chi connectivity index (χ1n) is 5.77. The van der Waals surface area contributed by atoms with Crippen molar-refractivity contribution in [3.63, 3.8) is 0 Å². The summed E-state index contributed by atoms with van der Waals surface area (Å²) >= 11 is 0. The molecular weight excluding hydrogens is 234 g/mol. The summed E-state index contributed by atoms with van der Waals surface area (Å²) < 4.78 is 0. The van der Waals surface area contributed by atoms with Gasteiger partial charge in [-0.05, 0) is 26.2 Å². The molecule has 1 aromatic rings. The molecule has 0 spiro atoms. The van der Waals surface area contributed by atoms with E-state index in [0.29, 0.717) is 24.1 Å². The molecule has 1 saturated carbocycles. The molecule has 6 heteroatoms. The number of carbonyl (C=O) groups is 2. The SMILES string of the molecule is Cc1ncncc1C(=O)N(C)C1(C(=O)O)CCC1. The second-order valence-electron chi connectivity index (χ2n) is 4.58. The fourth-order valence-corrected chi connectivity index (χ4v) is 2.18. The zero-order valence-corrected chi connectivity index (χ0v) is 10.4. The maximum Gasteiger partial charge on any atom is 0.329 e. The van der Waals surface area contributed by atoms with Gasteiger partial charge in [0.1, 0.15) is 11.9 Å². The van der Waals surface area contributed by atoms with Crippen molar-refractivity contribution in [2.45, 2.75) is 31.7 Å². The average Bonchev–Trinajstić information content (AvgIpc) is 2.26. The van der Waals surface area contributed by atoms with Gasteiger partial charge in [0.2, 0.25) is 0 Å². The lowest BCUT2D eigenvalue weighted by Crippen LogP contribution is -2.59. The van der Waals surface area contributed by atoms with Crippen LogP contribution in [0.25, 0.3) is 0 Å². The summed E-state index contributed by atoms with van der Waals surface area (Å²) in [6, 6.07) is 0. The molecule has 1 aliphatic carbocycles. The molecule has 0 aliphatic heterocycles. The van der Waals surface area contributed by atoms with Crippen LogP contribution in [-0.2, 0) is 4.79 Å². The first-order valence-corrected chi connectivity index (χ1v) is 5.77. The van der Waals surface area contributed by atoms with Crippen molar-refractivity contribution in [1.29, 1.82) is 0 Å². The number of nitrogens with zero attached hydrogens (tertiary/aromatic N) is 3. The number of rotatable bonds is 3. The zero-order valence-electron chi connectivity index (χ0n) is 10.4. The van der Waals surface area contributed by atoms with Gasteiger partial charge in [0.05, 0.1) is 11.3 Å². The molecule has 1 aliphatic rings. The summed E-state index contributed by atoms with van der Waals surface area (Å²) in [6.45, 7) is 1.71. The molecule has 1 amide bonds. The van der Waals surface area contributed by atoms with Crippen molar-refractivity contribution in [1.82, 2.24) is 14.9 Å². The molecule has 1 N–H and O–H groups in total. The van der Waals surface area contributed by atoms with Crippen molar-refractivity contribution in [2.24, 2.45) is 0 Å². The number of likely N-dealkylation sites (N-methyl/N-ethyl adjacent to an activating group) is 1. The number of carboxylic acids is 1. The number of carbonyl (C=O) groups excluding carboxylic acids is 1. The smallest absolute Gasteiger partial charge is 0.329 e. The highest BCUT2D eigenvalue weighted by Gasteiger charge is 2.50. The van der Waals surface area contributed by atoms with Crippen molar-refractivity contribution < 1.29 is 14.7 Å². The Morgan fingerprint density at radius 1 is 1.44 bits per heavy atom. The Kier molecular flexibility index (Phi) is 3.02. The molecular formula is C12H15N3O3. The van der Waals surface area contributed by atoms with Crippen molar-refractivity contribution in [3.8, 4) is 0 Å². The Hall–Kier alpha value is -1.98. The number of aromatic nitrogens is 2. The lowest BCUT2D eigenvalue weighted by molar-refractivity contribution is -0.154. The molecule has 0 bridgehead atoms. The second kappa shape index (κ2) is 4.36. The summed E-state index contributed by atoms with van der Waals surface area (Å²) in [5, 5.41) is 9.29. The Labute approximate surface area is 105 Å². The van der Waals surface area contributed by atoms with Gasteiger partial charge in [-0.2, -0.15) is 0 Å². The fraction of sp³-hybridized carbons (Fsp3) is 0.500. The van der Waals surface area contributed by atoms with Crippen molar-refractivity contribution in [3.05, 3.63) is 23.8 Å². The molecule has 6 nitrogen and oxygen atoms in total. The number of aliphatic carboxylic acids is 1. The van der Waals surface area contributed by atoms with E-state index in [2.05, 4.69) is 9.97 Å². The maximum atomic E-state index is 12.3. The number of aryl methyl sites for hydroxylation is 1. The van der Waals surface area contributed by atoms with Gasteiger partial charge in [-0.3, -0.25) is 4.79 Å². The lowest BCUT2D eigenvalue weighted by Gasteiger charge is -2.44. The van der Waals surface area contributed by atoms with Crippen LogP contribution in [0.5, 0.6) is 0 Å². The molecule has 0 saturated heterocycles. The van der Waals surface area contributed by atoms with E-state index in [4.69, 9.17) is 0 Å². The van der Waals surface area contributed by atoms with Crippen LogP contribution in [0.3, 0.4) is 0 Å². The van der Waals surface area contributed by atoms with Gasteiger partial charge in [-0.25, -0.2) is 14.8 Å². The minimum atomic E-state index is -1.06. The Morgan fingerprint density at radius 3 is 2.56 bits per heavy atom. The summed E-state index contributed by atoms with van der Waals surface area (Å²) in [6.07, 6.45) is 4.61. The zero-order chi connectivity index (χ0) is 13.3. The van der Waals surface area contributed by atoms with E-state index in [1.807, 2.05) is 0 Å². The Bertz CT molecular complexity index is 497. The first-order chi connectivity index (χ1) is 8.49. The van der Waals surface area contributed by atoms with Gasteiger partial charge < -0.3 is 10.0 Å². The van der Waals surface area contributed by atoms with Crippen LogP contribution in [0, 0.1) is 6.92 Å². The van der Waals surface area contributed by atoms with Crippen molar-refractivity contribution in [2.75, 3.05) is 7.05 Å². The third-order valence-corrected chi connectivity index (χ3v) is 3.67. The minimum Gasteiger partial charge on any atom is -0.479 e. The highest BCUT2D eigenvalue weighted by molar-refractivity contribution is 5.98. The largest absolute Gasteiger partial charge is 0.479 e. The molecule has 18 heavy (non-hydrogen) atoms. The maximum absolute atomic E-state index is 12.3. The van der Waals surface area contributed by atoms with Crippen LogP contribution in [-0.4, -0.2) is 44.4 Å². The first kappa shape index (κ1) is 12.5. The van der Waals surface area contributed by atoms with E-state index in [1.54, 1.807) is 6.92 Å². The van der Waals surface area contributed by atoms with Gasteiger partial charge in [-0.15, -0.1) is 0 Å². The molecule has 1 heterocycles. The average molecular weight is 249 g/mol. The molecule has 96 valence electrons. The van der Waals surface area contributed by atoms with Crippen LogP contribution in [0.1, 0.15) is 35.3 Å². The van der Waals surface area contributed by atoms with Gasteiger partial charge in [0, 0.05) is 13.2 Å². The van der Waals surface area contributed by atoms with Crippen LogP contribution in [0.4, 0.5) is 0 Å². The predicted molar refractivity (Wildman–Crippen MR) is 63.1 cm³/mol. The van der Waals surface area contributed by atoms with E-state index in [0.717, 1.165) is 6.42 Å². The topological polar surface area (TPSA) is 83.4 Å². The molecule has 0 atom stereocenters. The van der Waals surface area contributed by atoms with Gasteiger partial charge in [-0.1, -0.05) is 0 Å². The second-order valence-corrected chi connectivity index (χ2v) is 4.58. The number of amides is 1. The summed E-state index contributed by atoms with van der Waals surface area (Å²) in [5.74, 6) is -1.28. The van der Waals surface area contributed by atoms with E-state index < -0.39 is 11.5 Å². The number of hydrogen-bond donors (Lipinski definition) is 1. The standard InChI is InChI=1S/C12H15N3O3/c1-8-9(6-13-7-14-8)10(16)15(2)12(11(17)18)4-3-5-12/h6-7H,3-5H2,1-2H3,(H,17,18). The Balaban J connectivity index is 2.29. The lowest BCUT2D eigenvalue weighted by atomic mass is 9.75. The highest BCUT2D eigenvalue weighted by Crippen LogP contribution is 2.38. The summed E-state index contributed by atoms with van der Waals surface area (Å²) in [5.41, 5.74) is -0.145. The van der Waals surface area contributed by atoms with Crippen LogP contribution < -0.4 is 0 Å². The molecule has 0 radical (unpaired) electrons. The quantitative estimate of drug-likeness (QED) is 0.859. The van der Waals surface area contributed by atoms with Crippen LogP contribution in [0.15, 0.2) is 12.5 Å². The molecule has 0 aromatic carbocycles. The number of hydrogen-bond acceptors (Lipinski definition) is 4.